The van der Waals surface area contributed by atoms with Gasteiger partial charge in [0.15, 0.2) is 5.69 Å². The molecule has 1 aliphatic carbocycles. The number of nitrogens with zero attached hydrogens (tertiary/aromatic N) is 5. The van der Waals surface area contributed by atoms with Crippen molar-refractivity contribution in [1.29, 1.82) is 0 Å². The van der Waals surface area contributed by atoms with Crippen molar-refractivity contribution in [3.8, 4) is 0 Å². The summed E-state index contributed by atoms with van der Waals surface area (Å²) in [6, 6.07) is 8.08. The zero-order valence-corrected chi connectivity index (χ0v) is 26.3. The Kier molecular flexibility index (Phi) is 7.36. The van der Waals surface area contributed by atoms with Gasteiger partial charge in [-0.15, -0.1) is 0 Å². The van der Waals surface area contributed by atoms with E-state index in [0.717, 1.165) is 17.5 Å². The van der Waals surface area contributed by atoms with Gasteiger partial charge in [-0.25, -0.2) is 27.5 Å². The van der Waals surface area contributed by atoms with E-state index < -0.39 is 22.0 Å². The summed E-state index contributed by atoms with van der Waals surface area (Å²) in [5.41, 5.74) is 3.41. The van der Waals surface area contributed by atoms with E-state index in [2.05, 4.69) is 20.2 Å². The molecule has 2 fully saturated rings. The number of hydrogen-bond donors (Lipinski definition) is 2. The fourth-order valence-electron chi connectivity index (χ4n) is 6.38. The quantitative estimate of drug-likeness (QED) is 0.289. The first-order valence-corrected chi connectivity index (χ1v) is 16.3. The van der Waals surface area contributed by atoms with Crippen LogP contribution in [0.5, 0.6) is 0 Å². The number of sulfonamides is 1. The second-order valence-electron chi connectivity index (χ2n) is 11.7. The number of fused-ring (bicyclic) bond motifs is 2. The normalized spacial score (nSPS) is 20.0. The SMILES string of the molecule is Cc1cc([C@@H](C)Nc2ccc(Cl)nc2C(=O)NS(C)(=O)=O)c2nc(N3C[C@@H]4C(c5cc(C)ncc5F)[C@@H]4C3)n(C)c(=O)c2c1. The van der Waals surface area contributed by atoms with Crippen LogP contribution < -0.4 is 20.5 Å². The first-order chi connectivity index (χ1) is 20.7. The molecule has 14 heteroatoms. The lowest BCUT2D eigenvalue weighted by Crippen LogP contribution is -2.32. The van der Waals surface area contributed by atoms with Gasteiger partial charge in [-0.05, 0) is 73.9 Å². The third-order valence-electron chi connectivity index (χ3n) is 8.38. The topological polar surface area (TPSA) is 139 Å². The molecular weight excluding hydrogens is 609 g/mol. The summed E-state index contributed by atoms with van der Waals surface area (Å²) in [5.74, 6) is -0.0573. The van der Waals surface area contributed by atoms with Gasteiger partial charge in [0.25, 0.3) is 11.5 Å². The van der Waals surface area contributed by atoms with Gasteiger partial charge in [0.05, 0.1) is 35.1 Å². The van der Waals surface area contributed by atoms with Crippen LogP contribution in [0.4, 0.5) is 16.0 Å². The van der Waals surface area contributed by atoms with Crippen LogP contribution in [0.1, 0.15) is 51.8 Å². The largest absolute Gasteiger partial charge is 0.377 e. The number of aromatic nitrogens is 4. The van der Waals surface area contributed by atoms with Crippen LogP contribution >= 0.6 is 11.6 Å². The highest BCUT2D eigenvalue weighted by atomic mass is 35.5. The van der Waals surface area contributed by atoms with Crippen LogP contribution in [-0.2, 0) is 17.1 Å². The highest BCUT2D eigenvalue weighted by Crippen LogP contribution is 2.59. The van der Waals surface area contributed by atoms with Crippen molar-refractivity contribution in [1.82, 2.24) is 24.2 Å². The van der Waals surface area contributed by atoms with E-state index in [1.165, 1.54) is 12.3 Å². The lowest BCUT2D eigenvalue weighted by Gasteiger charge is -2.25. The number of amides is 1. The molecular formula is C30H31ClFN7O4S. The van der Waals surface area contributed by atoms with E-state index in [4.69, 9.17) is 16.6 Å². The molecule has 0 spiro atoms. The fourth-order valence-corrected chi connectivity index (χ4v) is 6.96. The summed E-state index contributed by atoms with van der Waals surface area (Å²) in [4.78, 5) is 41.6. The molecule has 4 heterocycles. The van der Waals surface area contributed by atoms with Crippen molar-refractivity contribution in [2.45, 2.75) is 32.7 Å². The number of carbonyl (C=O) groups excluding carboxylic acids is 1. The predicted molar refractivity (Wildman–Crippen MR) is 166 cm³/mol. The monoisotopic (exact) mass is 639 g/mol. The Labute approximate surface area is 258 Å². The van der Waals surface area contributed by atoms with Crippen molar-refractivity contribution in [3.63, 3.8) is 0 Å². The molecule has 1 saturated heterocycles. The summed E-state index contributed by atoms with van der Waals surface area (Å²) in [7, 11) is -2.14. The number of aryl methyl sites for hydroxylation is 2. The number of hydrogen-bond acceptors (Lipinski definition) is 9. The van der Waals surface area contributed by atoms with E-state index >= 15 is 0 Å². The number of rotatable bonds is 7. The zero-order valence-electron chi connectivity index (χ0n) is 24.7. The molecule has 1 aliphatic heterocycles. The second-order valence-corrected chi connectivity index (χ2v) is 13.9. The Morgan fingerprint density at radius 3 is 2.52 bits per heavy atom. The smallest absolute Gasteiger partial charge is 0.285 e. The molecule has 2 N–H and O–H groups in total. The minimum Gasteiger partial charge on any atom is -0.377 e. The van der Waals surface area contributed by atoms with E-state index in [-0.39, 0.29) is 45.7 Å². The first kappa shape index (κ1) is 29.9. The Morgan fingerprint density at radius 1 is 1.14 bits per heavy atom. The van der Waals surface area contributed by atoms with Crippen LogP contribution in [0.15, 0.2) is 41.3 Å². The molecule has 1 aromatic carbocycles. The maximum Gasteiger partial charge on any atom is 0.285 e. The van der Waals surface area contributed by atoms with Gasteiger partial charge < -0.3 is 10.2 Å². The van der Waals surface area contributed by atoms with Crippen LogP contribution in [-0.4, -0.2) is 53.2 Å². The lowest BCUT2D eigenvalue weighted by molar-refractivity contribution is 0.0977. The Morgan fingerprint density at radius 2 is 1.84 bits per heavy atom. The van der Waals surface area contributed by atoms with E-state index in [1.54, 1.807) is 23.7 Å². The van der Waals surface area contributed by atoms with E-state index in [0.29, 0.717) is 41.1 Å². The van der Waals surface area contributed by atoms with E-state index in [1.807, 2.05) is 37.6 Å². The highest BCUT2D eigenvalue weighted by Gasteiger charge is 2.57. The highest BCUT2D eigenvalue weighted by molar-refractivity contribution is 7.89. The third-order valence-corrected chi connectivity index (χ3v) is 9.15. The molecule has 3 aromatic heterocycles. The van der Waals surface area contributed by atoms with Gasteiger partial charge in [-0.2, -0.15) is 0 Å². The molecule has 4 aromatic rings. The number of piperidine rings is 1. The maximum absolute atomic E-state index is 14.6. The second kappa shape index (κ2) is 10.8. The number of anilines is 2. The lowest BCUT2D eigenvalue weighted by atomic mass is 10.0. The summed E-state index contributed by atoms with van der Waals surface area (Å²) >= 11 is 6.03. The third kappa shape index (κ3) is 5.50. The molecule has 44 heavy (non-hydrogen) atoms. The fraction of sp³-hybridized carbons (Fsp3) is 0.367. The van der Waals surface area contributed by atoms with Crippen LogP contribution in [0.2, 0.25) is 5.15 Å². The first-order valence-electron chi connectivity index (χ1n) is 14.0. The van der Waals surface area contributed by atoms with Crippen molar-refractivity contribution in [2.75, 3.05) is 29.6 Å². The average Bonchev–Trinajstić information content (AvgIpc) is 3.43. The molecule has 0 radical (unpaired) electrons. The van der Waals surface area contributed by atoms with Crippen LogP contribution in [0, 0.1) is 31.5 Å². The minimum atomic E-state index is -3.85. The van der Waals surface area contributed by atoms with Crippen molar-refractivity contribution in [2.24, 2.45) is 18.9 Å². The number of benzene rings is 1. The van der Waals surface area contributed by atoms with Crippen LogP contribution in [0.25, 0.3) is 10.9 Å². The number of pyridine rings is 2. The molecule has 4 atom stereocenters. The van der Waals surface area contributed by atoms with Gasteiger partial charge in [-0.3, -0.25) is 19.1 Å². The van der Waals surface area contributed by atoms with Gasteiger partial charge in [0.1, 0.15) is 11.0 Å². The molecule has 2 aliphatic rings. The van der Waals surface area contributed by atoms with Gasteiger partial charge in [0, 0.05) is 31.4 Å². The molecule has 1 unspecified atom stereocenters. The molecule has 11 nitrogen and oxygen atoms in total. The summed E-state index contributed by atoms with van der Waals surface area (Å²) in [5, 5.41) is 3.70. The number of carbonyl (C=O) groups is 1. The standard InChI is InChI=1S/C30H31ClFN7O4S/c1-14-8-17(16(3)34-23-6-7-24(31)35-27(23)28(40)37-44(5,42)43)26-19(9-14)29(41)38(4)30(36-26)39-12-20-21(13-39)25(20)18-10-15(2)33-11-22(18)32/h6-11,16,20-21,25,34H,12-13H2,1-5H3,(H,37,40)/t16-,20-,21+,25?/m1/s1. The van der Waals surface area contributed by atoms with Crippen LogP contribution in [0.3, 0.4) is 0 Å². The summed E-state index contributed by atoms with van der Waals surface area (Å²) < 4.78 is 41.4. The van der Waals surface area contributed by atoms with Crippen molar-refractivity contribution >= 4 is 50.1 Å². The van der Waals surface area contributed by atoms with Gasteiger partial charge in [0.2, 0.25) is 16.0 Å². The molecule has 0 bridgehead atoms. The van der Waals surface area contributed by atoms with Crippen molar-refractivity contribution in [3.05, 3.63) is 85.9 Å². The predicted octanol–water partition coefficient (Wildman–Crippen LogP) is 3.85. The Balaban J connectivity index is 1.33. The van der Waals surface area contributed by atoms with Gasteiger partial charge >= 0.3 is 0 Å². The Bertz CT molecular complexity index is 2010. The zero-order chi connectivity index (χ0) is 31.7. The number of nitrogens with one attached hydrogen (secondary N) is 2. The molecule has 230 valence electrons. The van der Waals surface area contributed by atoms with E-state index in [9.17, 15) is 22.4 Å². The summed E-state index contributed by atoms with van der Waals surface area (Å²) in [6.45, 7) is 6.87. The average molecular weight is 640 g/mol. The molecule has 1 amide bonds. The molecule has 1 saturated carbocycles. The maximum atomic E-state index is 14.6. The Hall–Kier alpha value is -4.10. The minimum absolute atomic E-state index is 0.0189. The van der Waals surface area contributed by atoms with Gasteiger partial charge in [-0.1, -0.05) is 17.7 Å². The molecule has 6 rings (SSSR count). The summed E-state index contributed by atoms with van der Waals surface area (Å²) in [6.07, 6.45) is 2.15. The number of halogens is 2. The van der Waals surface area contributed by atoms with Crippen molar-refractivity contribution < 1.29 is 17.6 Å².